The highest BCUT2D eigenvalue weighted by atomic mass is 16.2. The summed E-state index contributed by atoms with van der Waals surface area (Å²) in [7, 11) is 1.87. The van der Waals surface area contributed by atoms with Crippen LogP contribution in [-0.2, 0) is 4.79 Å². The van der Waals surface area contributed by atoms with E-state index in [9.17, 15) is 9.59 Å². The number of nitrogens with zero attached hydrogens (tertiary/aromatic N) is 1. The lowest BCUT2D eigenvalue weighted by Gasteiger charge is -2.31. The Kier molecular flexibility index (Phi) is 5.55. The summed E-state index contributed by atoms with van der Waals surface area (Å²) in [5.41, 5.74) is 1.38. The molecule has 2 rings (SSSR count). The summed E-state index contributed by atoms with van der Waals surface area (Å²) >= 11 is 0. The largest absolute Gasteiger partial charge is 0.339 e. The summed E-state index contributed by atoms with van der Waals surface area (Å²) in [4.78, 5) is 26.0. The highest BCUT2D eigenvalue weighted by Crippen LogP contribution is 2.16. The smallest absolute Gasteiger partial charge is 0.253 e. The molecule has 1 aliphatic heterocycles. The summed E-state index contributed by atoms with van der Waals surface area (Å²) in [6.07, 6.45) is 1.98. The maximum Gasteiger partial charge on any atom is 0.253 e. The molecule has 1 aromatic carbocycles. The van der Waals surface area contributed by atoms with Gasteiger partial charge in [-0.25, -0.2) is 0 Å². The minimum Gasteiger partial charge on any atom is -0.339 e. The topological polar surface area (TPSA) is 61.4 Å². The van der Waals surface area contributed by atoms with E-state index < -0.39 is 0 Å². The van der Waals surface area contributed by atoms with Crippen LogP contribution in [-0.4, -0.2) is 42.9 Å². The molecule has 0 saturated carbocycles. The van der Waals surface area contributed by atoms with Gasteiger partial charge in [-0.3, -0.25) is 9.59 Å². The lowest BCUT2D eigenvalue weighted by molar-refractivity contribution is -0.118. The molecular formula is C17H25N3O2. The first kappa shape index (κ1) is 16.5. The molecule has 2 amide bonds. The molecule has 22 heavy (non-hydrogen) atoms. The Hall–Kier alpha value is -1.88. The van der Waals surface area contributed by atoms with Gasteiger partial charge in [0.15, 0.2) is 0 Å². The highest BCUT2D eigenvalue weighted by molar-refractivity contribution is 5.96. The van der Waals surface area contributed by atoms with Crippen LogP contribution in [0.4, 0.5) is 5.69 Å². The SMILES string of the molecule is CC(C)C(=O)Nc1ccc(C(=O)N(C)C2CCNCC2)cc1. The second-order valence-electron chi connectivity index (χ2n) is 6.12. The Labute approximate surface area is 132 Å². The van der Waals surface area contributed by atoms with Crippen molar-refractivity contribution in [2.75, 3.05) is 25.5 Å². The minimum absolute atomic E-state index is 0.0223. The van der Waals surface area contributed by atoms with Crippen LogP contribution in [0.5, 0.6) is 0 Å². The van der Waals surface area contributed by atoms with E-state index in [2.05, 4.69) is 10.6 Å². The normalized spacial score (nSPS) is 15.6. The minimum atomic E-state index is -0.0626. The van der Waals surface area contributed by atoms with Gasteiger partial charge in [-0.1, -0.05) is 13.8 Å². The molecule has 0 aliphatic carbocycles. The highest BCUT2D eigenvalue weighted by Gasteiger charge is 2.22. The number of rotatable bonds is 4. The third-order valence-corrected chi connectivity index (χ3v) is 4.10. The monoisotopic (exact) mass is 303 g/mol. The Bertz CT molecular complexity index is 519. The lowest BCUT2D eigenvalue weighted by Crippen LogP contribution is -2.43. The second kappa shape index (κ2) is 7.40. The Balaban J connectivity index is 1.99. The van der Waals surface area contributed by atoms with Crippen molar-refractivity contribution in [3.05, 3.63) is 29.8 Å². The van der Waals surface area contributed by atoms with E-state index in [4.69, 9.17) is 0 Å². The van der Waals surface area contributed by atoms with Gasteiger partial charge in [0.1, 0.15) is 0 Å². The van der Waals surface area contributed by atoms with Crippen molar-refractivity contribution in [1.29, 1.82) is 0 Å². The molecule has 0 aromatic heterocycles. The summed E-state index contributed by atoms with van der Waals surface area (Å²) in [6.45, 7) is 5.62. The van der Waals surface area contributed by atoms with E-state index in [-0.39, 0.29) is 17.7 Å². The fraction of sp³-hybridized carbons (Fsp3) is 0.529. The molecule has 0 unspecified atom stereocenters. The Morgan fingerprint density at radius 1 is 1.18 bits per heavy atom. The van der Waals surface area contributed by atoms with Crippen LogP contribution in [0, 0.1) is 5.92 Å². The summed E-state index contributed by atoms with van der Waals surface area (Å²) in [5, 5.41) is 6.13. The van der Waals surface area contributed by atoms with E-state index in [1.807, 2.05) is 25.8 Å². The molecule has 5 heteroatoms. The molecule has 5 nitrogen and oxygen atoms in total. The van der Waals surface area contributed by atoms with Crippen LogP contribution in [0.25, 0.3) is 0 Å². The molecule has 1 aromatic rings. The Morgan fingerprint density at radius 3 is 2.32 bits per heavy atom. The van der Waals surface area contributed by atoms with Gasteiger partial charge < -0.3 is 15.5 Å². The van der Waals surface area contributed by atoms with Crippen molar-refractivity contribution in [1.82, 2.24) is 10.2 Å². The van der Waals surface area contributed by atoms with Crippen LogP contribution < -0.4 is 10.6 Å². The number of hydrogen-bond acceptors (Lipinski definition) is 3. The van der Waals surface area contributed by atoms with Crippen LogP contribution in [0.2, 0.25) is 0 Å². The number of carbonyl (C=O) groups excluding carboxylic acids is 2. The van der Waals surface area contributed by atoms with Gasteiger partial charge in [0.25, 0.3) is 5.91 Å². The summed E-state index contributed by atoms with van der Waals surface area (Å²) in [5.74, 6) is -0.0492. The van der Waals surface area contributed by atoms with Gasteiger partial charge in [-0.15, -0.1) is 0 Å². The molecule has 0 spiro atoms. The fourth-order valence-corrected chi connectivity index (χ4v) is 2.55. The predicted octanol–water partition coefficient (Wildman–Crippen LogP) is 2.11. The first-order valence-corrected chi connectivity index (χ1v) is 7.88. The van der Waals surface area contributed by atoms with Crippen molar-refractivity contribution < 1.29 is 9.59 Å². The average molecular weight is 303 g/mol. The van der Waals surface area contributed by atoms with Gasteiger partial charge in [0.05, 0.1) is 0 Å². The van der Waals surface area contributed by atoms with Crippen LogP contribution >= 0.6 is 0 Å². The first-order chi connectivity index (χ1) is 10.5. The maximum atomic E-state index is 12.5. The van der Waals surface area contributed by atoms with Gasteiger partial charge in [-0.2, -0.15) is 0 Å². The quantitative estimate of drug-likeness (QED) is 0.895. The van der Waals surface area contributed by atoms with Gasteiger partial charge in [-0.05, 0) is 50.2 Å². The van der Waals surface area contributed by atoms with Crippen LogP contribution in [0.3, 0.4) is 0 Å². The number of carbonyl (C=O) groups is 2. The van der Waals surface area contributed by atoms with Crippen LogP contribution in [0.1, 0.15) is 37.0 Å². The molecule has 1 aliphatic rings. The number of nitrogens with one attached hydrogen (secondary N) is 2. The van der Waals surface area contributed by atoms with Crippen molar-refractivity contribution in [3.8, 4) is 0 Å². The number of anilines is 1. The molecule has 0 radical (unpaired) electrons. The third-order valence-electron chi connectivity index (χ3n) is 4.10. The Morgan fingerprint density at radius 2 is 1.77 bits per heavy atom. The fourth-order valence-electron chi connectivity index (χ4n) is 2.55. The molecule has 1 fully saturated rings. The van der Waals surface area contributed by atoms with Gasteiger partial charge in [0.2, 0.25) is 5.91 Å². The number of hydrogen-bond donors (Lipinski definition) is 2. The zero-order chi connectivity index (χ0) is 16.1. The first-order valence-electron chi connectivity index (χ1n) is 7.88. The summed E-state index contributed by atoms with van der Waals surface area (Å²) in [6, 6.07) is 7.41. The second-order valence-corrected chi connectivity index (χ2v) is 6.12. The number of piperidine rings is 1. The standard InChI is InChI=1S/C17H25N3O2/c1-12(2)16(21)19-14-6-4-13(5-7-14)17(22)20(3)15-8-10-18-11-9-15/h4-7,12,15,18H,8-11H2,1-3H3,(H,19,21). The molecule has 0 atom stereocenters. The van der Waals surface area contributed by atoms with E-state index in [1.54, 1.807) is 24.3 Å². The average Bonchev–Trinajstić information content (AvgIpc) is 2.55. The van der Waals surface area contributed by atoms with Crippen molar-refractivity contribution in [2.24, 2.45) is 5.92 Å². The number of amides is 2. The molecule has 120 valence electrons. The van der Waals surface area contributed by atoms with E-state index in [1.165, 1.54) is 0 Å². The predicted molar refractivity (Wildman–Crippen MR) is 87.9 cm³/mol. The number of benzene rings is 1. The maximum absolute atomic E-state index is 12.5. The van der Waals surface area contributed by atoms with Crippen LogP contribution in [0.15, 0.2) is 24.3 Å². The molecule has 0 bridgehead atoms. The lowest BCUT2D eigenvalue weighted by atomic mass is 10.0. The van der Waals surface area contributed by atoms with Crippen molar-refractivity contribution in [2.45, 2.75) is 32.7 Å². The van der Waals surface area contributed by atoms with E-state index in [0.29, 0.717) is 11.6 Å². The molecular weight excluding hydrogens is 278 g/mol. The van der Waals surface area contributed by atoms with Crippen molar-refractivity contribution >= 4 is 17.5 Å². The summed E-state index contributed by atoms with van der Waals surface area (Å²) < 4.78 is 0. The zero-order valence-corrected chi connectivity index (χ0v) is 13.6. The zero-order valence-electron chi connectivity index (χ0n) is 13.6. The van der Waals surface area contributed by atoms with Gasteiger partial charge in [0, 0.05) is 30.3 Å². The third kappa shape index (κ3) is 4.07. The van der Waals surface area contributed by atoms with E-state index in [0.717, 1.165) is 31.6 Å². The van der Waals surface area contributed by atoms with Gasteiger partial charge >= 0.3 is 0 Å². The molecule has 1 heterocycles. The van der Waals surface area contributed by atoms with E-state index >= 15 is 0 Å². The molecule has 1 saturated heterocycles. The molecule has 2 N–H and O–H groups in total. The van der Waals surface area contributed by atoms with Crippen molar-refractivity contribution in [3.63, 3.8) is 0 Å².